The van der Waals surface area contributed by atoms with E-state index in [9.17, 15) is 14.9 Å². The van der Waals surface area contributed by atoms with Crippen molar-refractivity contribution in [2.75, 3.05) is 5.32 Å². The van der Waals surface area contributed by atoms with Gasteiger partial charge in [0.1, 0.15) is 5.02 Å². The lowest BCUT2D eigenvalue weighted by molar-refractivity contribution is -0.384. The average Bonchev–Trinajstić information content (AvgIpc) is 3.01. The molecule has 0 bridgehead atoms. The molecule has 0 aliphatic carbocycles. The first-order valence-electron chi connectivity index (χ1n) is 8.12. The third-order valence-corrected chi connectivity index (χ3v) is 5.15. The van der Waals surface area contributed by atoms with E-state index in [1.165, 1.54) is 29.0 Å². The summed E-state index contributed by atoms with van der Waals surface area (Å²) in [5, 5.41) is 14.1. The Morgan fingerprint density at radius 2 is 2.12 bits per heavy atom. The normalized spacial score (nSPS) is 10.8. The highest BCUT2D eigenvalue weighted by molar-refractivity contribution is 7.22. The summed E-state index contributed by atoms with van der Waals surface area (Å²) >= 11 is 7.16. The lowest BCUT2D eigenvalue weighted by Crippen LogP contribution is -2.11. The number of aryl methyl sites for hydroxylation is 1. The van der Waals surface area contributed by atoms with E-state index in [0.29, 0.717) is 5.13 Å². The Hall–Kier alpha value is -2.51. The van der Waals surface area contributed by atoms with Gasteiger partial charge in [0, 0.05) is 11.6 Å². The summed E-state index contributed by atoms with van der Waals surface area (Å²) in [5.74, 6) is -0.463. The number of aromatic nitrogens is 1. The number of nitrogens with zero attached hydrogens (tertiary/aromatic N) is 2. The molecule has 0 unspecified atom stereocenters. The van der Waals surface area contributed by atoms with Gasteiger partial charge in [-0.3, -0.25) is 20.2 Å². The van der Waals surface area contributed by atoms with Crippen LogP contribution < -0.4 is 5.32 Å². The predicted octanol–water partition coefficient (Wildman–Crippen LogP) is 5.45. The van der Waals surface area contributed by atoms with Crippen molar-refractivity contribution in [3.63, 3.8) is 0 Å². The number of hydrogen-bond acceptors (Lipinski definition) is 5. The molecule has 6 nitrogen and oxygen atoms in total. The Balaban J connectivity index is 1.81. The molecule has 0 radical (unpaired) electrons. The van der Waals surface area contributed by atoms with E-state index in [2.05, 4.69) is 23.3 Å². The number of hydrogen-bond donors (Lipinski definition) is 1. The molecule has 0 aliphatic heterocycles. The van der Waals surface area contributed by atoms with Crippen molar-refractivity contribution < 1.29 is 9.72 Å². The number of unbranched alkanes of at least 4 members (excludes halogenated alkanes) is 1. The van der Waals surface area contributed by atoms with Gasteiger partial charge < -0.3 is 0 Å². The summed E-state index contributed by atoms with van der Waals surface area (Å²) < 4.78 is 0.996. The smallest absolute Gasteiger partial charge is 0.288 e. The van der Waals surface area contributed by atoms with Gasteiger partial charge in [-0.25, -0.2) is 4.98 Å². The van der Waals surface area contributed by atoms with Gasteiger partial charge in [-0.1, -0.05) is 42.3 Å². The summed E-state index contributed by atoms with van der Waals surface area (Å²) in [4.78, 5) is 27.1. The number of amides is 1. The number of halogens is 1. The summed E-state index contributed by atoms with van der Waals surface area (Å²) in [7, 11) is 0. The minimum Gasteiger partial charge on any atom is -0.298 e. The van der Waals surface area contributed by atoms with E-state index in [1.54, 1.807) is 0 Å². The molecule has 0 saturated carbocycles. The number of nitrogens with one attached hydrogen (secondary N) is 1. The fraction of sp³-hybridized carbons (Fsp3) is 0.222. The third kappa shape index (κ3) is 4.00. The first kappa shape index (κ1) is 18.3. The highest BCUT2D eigenvalue weighted by atomic mass is 35.5. The second-order valence-electron chi connectivity index (χ2n) is 5.80. The monoisotopic (exact) mass is 389 g/mol. The first-order valence-corrected chi connectivity index (χ1v) is 9.32. The van der Waals surface area contributed by atoms with Crippen molar-refractivity contribution >= 4 is 49.9 Å². The fourth-order valence-electron chi connectivity index (χ4n) is 2.52. The van der Waals surface area contributed by atoms with Crippen LogP contribution in [0.1, 0.15) is 35.7 Å². The van der Waals surface area contributed by atoms with Crippen LogP contribution >= 0.6 is 22.9 Å². The van der Waals surface area contributed by atoms with E-state index in [4.69, 9.17) is 11.6 Å². The van der Waals surface area contributed by atoms with Crippen LogP contribution in [-0.4, -0.2) is 15.8 Å². The highest BCUT2D eigenvalue weighted by Crippen LogP contribution is 2.29. The zero-order chi connectivity index (χ0) is 18.7. The van der Waals surface area contributed by atoms with Crippen LogP contribution in [0.2, 0.25) is 5.02 Å². The van der Waals surface area contributed by atoms with Crippen LogP contribution in [0.5, 0.6) is 0 Å². The van der Waals surface area contributed by atoms with Gasteiger partial charge in [0.25, 0.3) is 11.6 Å². The van der Waals surface area contributed by atoms with Gasteiger partial charge in [-0.05, 0) is 42.7 Å². The fourth-order valence-corrected chi connectivity index (χ4v) is 3.63. The molecule has 1 heterocycles. The van der Waals surface area contributed by atoms with Crippen molar-refractivity contribution in [2.24, 2.45) is 0 Å². The molecule has 26 heavy (non-hydrogen) atoms. The van der Waals surface area contributed by atoms with E-state index in [-0.39, 0.29) is 16.3 Å². The van der Waals surface area contributed by atoms with Gasteiger partial charge in [0.2, 0.25) is 0 Å². The van der Waals surface area contributed by atoms with Crippen LogP contribution in [0.4, 0.5) is 10.8 Å². The number of nitro groups is 1. The van der Waals surface area contributed by atoms with Gasteiger partial charge in [0.05, 0.1) is 15.1 Å². The molecule has 3 rings (SSSR count). The molecular formula is C18H16ClN3O3S. The zero-order valence-electron chi connectivity index (χ0n) is 14.0. The summed E-state index contributed by atoms with van der Waals surface area (Å²) in [6.07, 6.45) is 3.28. The number of fused-ring (bicyclic) bond motifs is 1. The molecule has 0 spiro atoms. The van der Waals surface area contributed by atoms with E-state index < -0.39 is 10.8 Å². The summed E-state index contributed by atoms with van der Waals surface area (Å²) in [6, 6.07) is 10.0. The lowest BCUT2D eigenvalue weighted by Gasteiger charge is -2.02. The van der Waals surface area contributed by atoms with Gasteiger partial charge in [0.15, 0.2) is 5.13 Å². The molecule has 0 aliphatic rings. The SMILES string of the molecule is CCCCc1ccc2nc(NC(=O)c3ccc(Cl)c([N+](=O)[O-])c3)sc2c1. The minimum atomic E-state index is -0.616. The zero-order valence-corrected chi connectivity index (χ0v) is 15.6. The predicted molar refractivity (Wildman–Crippen MR) is 104 cm³/mol. The maximum absolute atomic E-state index is 12.4. The third-order valence-electron chi connectivity index (χ3n) is 3.90. The van der Waals surface area contributed by atoms with E-state index in [1.807, 2.05) is 12.1 Å². The maximum Gasteiger partial charge on any atom is 0.288 e. The molecule has 0 fully saturated rings. The molecule has 0 saturated heterocycles. The molecule has 2 aromatic carbocycles. The second kappa shape index (κ2) is 7.80. The van der Waals surface area contributed by atoms with E-state index in [0.717, 1.165) is 35.5 Å². The lowest BCUT2D eigenvalue weighted by atomic mass is 10.1. The summed E-state index contributed by atoms with van der Waals surface area (Å²) in [6.45, 7) is 2.15. The maximum atomic E-state index is 12.4. The van der Waals surface area contributed by atoms with Crippen LogP contribution in [0.25, 0.3) is 10.2 Å². The molecular weight excluding hydrogens is 374 g/mol. The first-order chi connectivity index (χ1) is 12.5. The molecule has 0 atom stereocenters. The number of anilines is 1. The minimum absolute atomic E-state index is 0.00820. The van der Waals surface area contributed by atoms with Crippen molar-refractivity contribution in [2.45, 2.75) is 26.2 Å². The molecule has 1 N–H and O–H groups in total. The topological polar surface area (TPSA) is 85.1 Å². The Morgan fingerprint density at radius 3 is 2.85 bits per heavy atom. The van der Waals surface area contributed by atoms with Crippen LogP contribution in [0, 0.1) is 10.1 Å². The van der Waals surface area contributed by atoms with Gasteiger partial charge >= 0.3 is 0 Å². The average molecular weight is 390 g/mol. The van der Waals surface area contributed by atoms with Crippen molar-refractivity contribution in [1.82, 2.24) is 4.98 Å². The standard InChI is InChI=1S/C18H16ClN3O3S/c1-2-3-4-11-5-8-14-16(9-11)26-18(20-14)21-17(23)12-6-7-13(19)15(10-12)22(24)25/h5-10H,2-4H2,1H3,(H,20,21,23). The molecule has 134 valence electrons. The largest absolute Gasteiger partial charge is 0.298 e. The van der Waals surface area contributed by atoms with Crippen LogP contribution in [-0.2, 0) is 6.42 Å². The molecule has 8 heteroatoms. The van der Waals surface area contributed by atoms with Gasteiger partial charge in [-0.2, -0.15) is 0 Å². The van der Waals surface area contributed by atoms with Crippen LogP contribution in [0.3, 0.4) is 0 Å². The summed E-state index contributed by atoms with van der Waals surface area (Å²) in [5.41, 5.74) is 1.91. The van der Waals surface area contributed by atoms with E-state index >= 15 is 0 Å². The Labute approximate surface area is 159 Å². The highest BCUT2D eigenvalue weighted by Gasteiger charge is 2.17. The number of nitro benzene ring substituents is 1. The van der Waals surface area contributed by atoms with Crippen molar-refractivity contribution in [3.05, 3.63) is 62.7 Å². The van der Waals surface area contributed by atoms with Crippen molar-refractivity contribution in [1.29, 1.82) is 0 Å². The quantitative estimate of drug-likeness (QED) is 0.448. The number of thiazole rings is 1. The molecule has 1 amide bonds. The Morgan fingerprint density at radius 1 is 1.31 bits per heavy atom. The number of rotatable bonds is 6. The number of carbonyl (C=O) groups is 1. The molecule has 3 aromatic rings. The Kier molecular flexibility index (Phi) is 5.49. The van der Waals surface area contributed by atoms with Gasteiger partial charge in [-0.15, -0.1) is 0 Å². The van der Waals surface area contributed by atoms with Crippen LogP contribution in [0.15, 0.2) is 36.4 Å². The second-order valence-corrected chi connectivity index (χ2v) is 7.24. The number of benzene rings is 2. The number of carbonyl (C=O) groups excluding carboxylic acids is 1. The Bertz CT molecular complexity index is 987. The van der Waals surface area contributed by atoms with Crippen molar-refractivity contribution in [3.8, 4) is 0 Å². The molecule has 1 aromatic heterocycles.